The number of pyridine rings is 1. The summed E-state index contributed by atoms with van der Waals surface area (Å²) in [4.78, 5) is 3.21. The number of aromatic nitrogens is 1. The summed E-state index contributed by atoms with van der Waals surface area (Å²) in [6, 6.07) is 11.9. The third-order valence-electron chi connectivity index (χ3n) is 2.67. The zero-order chi connectivity index (χ0) is 10.3. The van der Waals surface area contributed by atoms with Crippen molar-refractivity contribution in [1.29, 1.82) is 5.53 Å². The number of aromatic amines is 1. The van der Waals surface area contributed by atoms with E-state index in [1.165, 1.54) is 0 Å². The van der Waals surface area contributed by atoms with Gasteiger partial charge in [-0.2, -0.15) is 5.11 Å². The second kappa shape index (κ2) is 2.92. The molecule has 1 aromatic rings. The lowest BCUT2D eigenvalue weighted by Crippen LogP contribution is -1.78. The molecule has 72 valence electrons. The third-order valence-corrected chi connectivity index (χ3v) is 2.67. The van der Waals surface area contributed by atoms with Gasteiger partial charge in [0.25, 0.3) is 0 Å². The molecule has 0 fully saturated rings. The van der Waals surface area contributed by atoms with Gasteiger partial charge in [0.1, 0.15) is 5.69 Å². The second-order valence-electron chi connectivity index (χ2n) is 3.46. The molecule has 0 bridgehead atoms. The molecule has 0 amide bonds. The molecule has 3 heteroatoms. The highest BCUT2D eigenvalue weighted by Crippen LogP contribution is 2.42. The molecule has 2 N–H and O–H groups in total. The Morgan fingerprint density at radius 3 is 2.60 bits per heavy atom. The van der Waals surface area contributed by atoms with E-state index in [9.17, 15) is 0 Å². The summed E-state index contributed by atoms with van der Waals surface area (Å²) in [5, 5.41) is 5.77. The largest absolute Gasteiger partial charge is 0.361 e. The van der Waals surface area contributed by atoms with E-state index >= 15 is 0 Å². The summed E-state index contributed by atoms with van der Waals surface area (Å²) in [7, 11) is 0. The number of nitrogens with zero attached hydrogens (tertiary/aromatic N) is 1. The van der Waals surface area contributed by atoms with Gasteiger partial charge >= 0.3 is 0 Å². The van der Waals surface area contributed by atoms with Crippen molar-refractivity contribution >= 4 is 16.5 Å². The van der Waals surface area contributed by atoms with Crippen LogP contribution in [0.4, 0.5) is 5.69 Å². The Morgan fingerprint density at radius 1 is 1.00 bits per heavy atom. The van der Waals surface area contributed by atoms with Gasteiger partial charge in [0.2, 0.25) is 0 Å². The van der Waals surface area contributed by atoms with Crippen LogP contribution in [-0.2, 0) is 0 Å². The maximum Gasteiger partial charge on any atom is 0.102 e. The number of hydrogen-bond acceptors (Lipinski definition) is 2. The molecule has 0 saturated heterocycles. The minimum atomic E-state index is 0.748. The van der Waals surface area contributed by atoms with E-state index in [0.717, 1.165) is 27.7 Å². The monoisotopic (exact) mass is 195 g/mol. The second-order valence-corrected chi connectivity index (χ2v) is 3.46. The van der Waals surface area contributed by atoms with E-state index in [1.807, 2.05) is 42.6 Å². The Hall–Kier alpha value is -2.16. The maximum atomic E-state index is 7.24. The van der Waals surface area contributed by atoms with Crippen LogP contribution < -0.4 is 0 Å². The molecule has 0 atom stereocenters. The van der Waals surface area contributed by atoms with Crippen LogP contribution in [0.3, 0.4) is 0 Å². The minimum absolute atomic E-state index is 0.748. The van der Waals surface area contributed by atoms with Crippen LogP contribution >= 0.6 is 0 Å². The molecule has 1 aliphatic heterocycles. The molecule has 0 aromatic heterocycles. The van der Waals surface area contributed by atoms with Crippen LogP contribution in [0, 0.1) is 5.53 Å². The lowest BCUT2D eigenvalue weighted by Gasteiger charge is -1.98. The van der Waals surface area contributed by atoms with Gasteiger partial charge in [-0.1, -0.05) is 24.3 Å². The van der Waals surface area contributed by atoms with E-state index in [1.54, 1.807) is 0 Å². The smallest absolute Gasteiger partial charge is 0.102 e. The van der Waals surface area contributed by atoms with Gasteiger partial charge in [0.05, 0.1) is 5.69 Å². The summed E-state index contributed by atoms with van der Waals surface area (Å²) in [5.41, 5.74) is 10.0. The lowest BCUT2D eigenvalue weighted by molar-refractivity contribution is 1.16. The first-order valence-electron chi connectivity index (χ1n) is 4.77. The van der Waals surface area contributed by atoms with Crippen molar-refractivity contribution in [1.82, 2.24) is 4.98 Å². The Balaban J connectivity index is 2.60. The quantitative estimate of drug-likeness (QED) is 0.553. The van der Waals surface area contributed by atoms with Gasteiger partial charge in [-0.25, -0.2) is 5.53 Å². The van der Waals surface area contributed by atoms with Crippen LogP contribution in [0.15, 0.2) is 47.7 Å². The Morgan fingerprint density at radius 2 is 1.80 bits per heavy atom. The van der Waals surface area contributed by atoms with Gasteiger partial charge < -0.3 is 4.98 Å². The van der Waals surface area contributed by atoms with Crippen LogP contribution in [0.25, 0.3) is 22.0 Å². The Labute approximate surface area is 86.6 Å². The van der Waals surface area contributed by atoms with Gasteiger partial charge in [0.15, 0.2) is 0 Å². The van der Waals surface area contributed by atoms with Gasteiger partial charge in [-0.3, -0.25) is 0 Å². The zero-order valence-corrected chi connectivity index (χ0v) is 7.99. The van der Waals surface area contributed by atoms with Gasteiger partial charge in [-0.05, 0) is 12.1 Å². The summed E-state index contributed by atoms with van der Waals surface area (Å²) >= 11 is 0. The highest BCUT2D eigenvalue weighted by molar-refractivity contribution is 6.10. The fourth-order valence-corrected chi connectivity index (χ4v) is 2.03. The molecule has 1 heterocycles. The van der Waals surface area contributed by atoms with E-state index < -0.39 is 0 Å². The molecular formula is C12H9N3. The topological polar surface area (TPSA) is 52.0 Å². The predicted molar refractivity (Wildman–Crippen MR) is 59.7 cm³/mol. The van der Waals surface area contributed by atoms with E-state index in [0.29, 0.717) is 0 Å². The van der Waals surface area contributed by atoms with Crippen LogP contribution in [0.1, 0.15) is 0 Å². The number of benzene rings is 1. The fourth-order valence-electron chi connectivity index (χ4n) is 2.03. The van der Waals surface area contributed by atoms with Crippen LogP contribution in [0.2, 0.25) is 0 Å². The summed E-state index contributed by atoms with van der Waals surface area (Å²) in [6.45, 7) is 0. The SMILES string of the molecule is N=Nc1c2ccc[nH]c-2c2ccccc12. The number of H-pyrrole nitrogens is 1. The summed E-state index contributed by atoms with van der Waals surface area (Å²) < 4.78 is 0. The predicted octanol–water partition coefficient (Wildman–Crippen LogP) is 3.94. The first-order chi connectivity index (χ1) is 7.42. The van der Waals surface area contributed by atoms with Crippen molar-refractivity contribution in [2.24, 2.45) is 5.11 Å². The van der Waals surface area contributed by atoms with Gasteiger partial charge in [0, 0.05) is 22.5 Å². The molecule has 0 spiro atoms. The molecule has 0 unspecified atom stereocenters. The normalized spacial score (nSPS) is 10.9. The first-order valence-corrected chi connectivity index (χ1v) is 4.77. The number of hydrogen-bond donors (Lipinski definition) is 2. The van der Waals surface area contributed by atoms with Crippen LogP contribution in [0.5, 0.6) is 0 Å². The Bertz CT molecular complexity index is 609. The molecular weight excluding hydrogens is 186 g/mol. The van der Waals surface area contributed by atoms with Crippen molar-refractivity contribution in [2.75, 3.05) is 0 Å². The molecule has 1 aromatic carbocycles. The van der Waals surface area contributed by atoms with E-state index in [2.05, 4.69) is 10.1 Å². The highest BCUT2D eigenvalue weighted by atomic mass is 15.0. The van der Waals surface area contributed by atoms with E-state index in [-0.39, 0.29) is 0 Å². The third kappa shape index (κ3) is 1.00. The van der Waals surface area contributed by atoms with Crippen molar-refractivity contribution in [3.8, 4) is 11.3 Å². The molecule has 3 nitrogen and oxygen atoms in total. The average molecular weight is 195 g/mol. The van der Waals surface area contributed by atoms with Gasteiger partial charge in [-0.15, -0.1) is 0 Å². The zero-order valence-electron chi connectivity index (χ0n) is 7.99. The van der Waals surface area contributed by atoms with Crippen molar-refractivity contribution in [2.45, 2.75) is 0 Å². The molecule has 15 heavy (non-hydrogen) atoms. The van der Waals surface area contributed by atoms with Crippen molar-refractivity contribution in [3.63, 3.8) is 0 Å². The maximum absolute atomic E-state index is 7.24. The number of rotatable bonds is 1. The first kappa shape index (κ1) is 8.17. The van der Waals surface area contributed by atoms with Crippen LogP contribution in [-0.4, -0.2) is 4.98 Å². The lowest BCUT2D eigenvalue weighted by atomic mass is 10.2. The summed E-state index contributed by atoms with van der Waals surface area (Å²) in [6.07, 6.45) is 1.89. The fraction of sp³-hybridized carbons (Fsp3) is 0. The highest BCUT2D eigenvalue weighted by Gasteiger charge is 2.16. The molecule has 0 radical (unpaired) electrons. The van der Waals surface area contributed by atoms with Crippen molar-refractivity contribution in [3.05, 3.63) is 42.6 Å². The van der Waals surface area contributed by atoms with Crippen molar-refractivity contribution < 1.29 is 0 Å². The Kier molecular flexibility index (Phi) is 1.59. The van der Waals surface area contributed by atoms with E-state index in [4.69, 9.17) is 5.53 Å². The summed E-state index contributed by atoms with van der Waals surface area (Å²) in [5.74, 6) is 0. The number of nitrogens with one attached hydrogen (secondary N) is 2. The minimum Gasteiger partial charge on any atom is -0.361 e. The molecule has 0 saturated carbocycles. The number of fused-ring (bicyclic) bond motifs is 3. The standard InChI is InChI=1S/C12H9N3/c13-15-12-9-5-2-1-4-8(9)11-10(12)6-3-7-14-11/h1-7,13-14H. The molecule has 3 rings (SSSR count). The molecule has 2 aliphatic rings. The molecule has 1 aliphatic carbocycles. The average Bonchev–Trinajstić information content (AvgIpc) is 2.63.